The highest BCUT2D eigenvalue weighted by atomic mass is 16.2. The normalized spacial score (nSPS) is 10.5. The minimum absolute atomic E-state index is 0.00157. The van der Waals surface area contributed by atoms with Crippen molar-refractivity contribution in [1.82, 2.24) is 9.55 Å². The van der Waals surface area contributed by atoms with E-state index in [-0.39, 0.29) is 11.8 Å². The molecule has 72 valence electrons. The number of amides is 1. The predicted molar refractivity (Wildman–Crippen MR) is 51.5 cm³/mol. The summed E-state index contributed by atoms with van der Waals surface area (Å²) < 4.78 is 1.82. The van der Waals surface area contributed by atoms with Gasteiger partial charge in [0.2, 0.25) is 11.9 Å². The van der Waals surface area contributed by atoms with Gasteiger partial charge in [0, 0.05) is 32.4 Å². The molecule has 0 aromatic carbocycles. The van der Waals surface area contributed by atoms with Gasteiger partial charge in [-0.2, -0.15) is 0 Å². The van der Waals surface area contributed by atoms with Gasteiger partial charge < -0.3 is 4.57 Å². The molecule has 4 nitrogen and oxygen atoms in total. The standard InChI is InChI=1S/C9H15N3O/c1-7(2)8(13)12(4)9-10-5-6-11(9)3/h5-7H,1-4H3. The molecule has 0 aliphatic heterocycles. The average molecular weight is 181 g/mol. The molecule has 1 rings (SSSR count). The number of imidazole rings is 1. The quantitative estimate of drug-likeness (QED) is 0.683. The second kappa shape index (κ2) is 3.60. The van der Waals surface area contributed by atoms with Crippen LogP contribution in [0.2, 0.25) is 0 Å². The van der Waals surface area contributed by atoms with Gasteiger partial charge in [-0.05, 0) is 0 Å². The summed E-state index contributed by atoms with van der Waals surface area (Å²) in [6.07, 6.45) is 3.50. The Kier molecular flexibility index (Phi) is 2.70. The predicted octanol–water partition coefficient (Wildman–Crippen LogP) is 1.04. The van der Waals surface area contributed by atoms with Crippen LogP contribution in [0.25, 0.3) is 0 Å². The lowest BCUT2D eigenvalue weighted by Crippen LogP contribution is -2.32. The van der Waals surface area contributed by atoms with Crippen LogP contribution in [-0.2, 0) is 11.8 Å². The van der Waals surface area contributed by atoms with Crippen LogP contribution in [-0.4, -0.2) is 22.5 Å². The smallest absolute Gasteiger partial charge is 0.231 e. The van der Waals surface area contributed by atoms with E-state index in [0.717, 1.165) is 0 Å². The summed E-state index contributed by atoms with van der Waals surface area (Å²) in [5, 5.41) is 0. The maximum Gasteiger partial charge on any atom is 0.231 e. The van der Waals surface area contributed by atoms with Crippen molar-refractivity contribution >= 4 is 11.9 Å². The molecule has 0 radical (unpaired) electrons. The van der Waals surface area contributed by atoms with Gasteiger partial charge in [0.05, 0.1) is 0 Å². The first-order valence-corrected chi connectivity index (χ1v) is 4.29. The molecule has 0 aliphatic carbocycles. The summed E-state index contributed by atoms with van der Waals surface area (Å²) in [6, 6.07) is 0. The number of carbonyl (C=O) groups excluding carboxylic acids is 1. The van der Waals surface area contributed by atoms with Crippen LogP contribution >= 0.6 is 0 Å². The van der Waals surface area contributed by atoms with Crippen molar-refractivity contribution in [2.75, 3.05) is 11.9 Å². The maximum atomic E-state index is 11.6. The minimum atomic E-state index is 0.00157. The Hall–Kier alpha value is -1.32. The SMILES string of the molecule is CC(C)C(=O)N(C)c1nccn1C. The molecule has 1 amide bonds. The van der Waals surface area contributed by atoms with E-state index in [9.17, 15) is 4.79 Å². The van der Waals surface area contributed by atoms with Crippen LogP contribution in [0.1, 0.15) is 13.8 Å². The third-order valence-corrected chi connectivity index (χ3v) is 1.92. The second-order valence-corrected chi connectivity index (χ2v) is 3.39. The second-order valence-electron chi connectivity index (χ2n) is 3.39. The van der Waals surface area contributed by atoms with Gasteiger partial charge in [-0.3, -0.25) is 9.69 Å². The van der Waals surface area contributed by atoms with E-state index in [1.807, 2.05) is 31.7 Å². The Labute approximate surface area is 78.2 Å². The first kappa shape index (κ1) is 9.77. The molecule has 0 aliphatic rings. The zero-order valence-electron chi connectivity index (χ0n) is 8.48. The van der Waals surface area contributed by atoms with E-state index < -0.39 is 0 Å². The Morgan fingerprint density at radius 2 is 2.23 bits per heavy atom. The number of hydrogen-bond donors (Lipinski definition) is 0. The number of nitrogens with zero attached hydrogens (tertiary/aromatic N) is 3. The lowest BCUT2D eigenvalue weighted by Gasteiger charge is -2.18. The van der Waals surface area contributed by atoms with Crippen molar-refractivity contribution in [2.45, 2.75) is 13.8 Å². The molecule has 0 bridgehead atoms. The molecule has 0 spiro atoms. The summed E-state index contributed by atoms with van der Waals surface area (Å²) in [7, 11) is 3.61. The van der Waals surface area contributed by atoms with Crippen LogP contribution in [0.4, 0.5) is 5.95 Å². The van der Waals surface area contributed by atoms with Gasteiger partial charge in [-0.15, -0.1) is 0 Å². The highest BCUT2D eigenvalue weighted by Crippen LogP contribution is 2.10. The fraction of sp³-hybridized carbons (Fsp3) is 0.556. The number of aromatic nitrogens is 2. The monoisotopic (exact) mass is 181 g/mol. The molecule has 13 heavy (non-hydrogen) atoms. The largest absolute Gasteiger partial charge is 0.320 e. The van der Waals surface area contributed by atoms with Gasteiger partial charge in [0.15, 0.2) is 0 Å². The molecule has 1 heterocycles. The molecule has 0 fully saturated rings. The zero-order valence-corrected chi connectivity index (χ0v) is 8.48. The topological polar surface area (TPSA) is 38.1 Å². The van der Waals surface area contributed by atoms with E-state index in [0.29, 0.717) is 5.95 Å². The summed E-state index contributed by atoms with van der Waals surface area (Å²) in [5.74, 6) is 0.759. The van der Waals surface area contributed by atoms with Crippen LogP contribution in [0, 0.1) is 5.92 Å². The lowest BCUT2D eigenvalue weighted by atomic mass is 10.2. The first-order chi connectivity index (χ1) is 6.04. The number of rotatable bonds is 2. The molecular weight excluding hydrogens is 166 g/mol. The van der Waals surface area contributed by atoms with Crippen molar-refractivity contribution < 1.29 is 4.79 Å². The molecule has 0 N–H and O–H groups in total. The third-order valence-electron chi connectivity index (χ3n) is 1.92. The molecule has 4 heteroatoms. The van der Waals surface area contributed by atoms with E-state index in [2.05, 4.69) is 4.98 Å². The zero-order chi connectivity index (χ0) is 10.0. The minimum Gasteiger partial charge on any atom is -0.320 e. The highest BCUT2D eigenvalue weighted by molar-refractivity contribution is 5.92. The van der Waals surface area contributed by atoms with Gasteiger partial charge >= 0.3 is 0 Å². The van der Waals surface area contributed by atoms with Crippen molar-refractivity contribution in [1.29, 1.82) is 0 Å². The Morgan fingerprint density at radius 3 is 2.62 bits per heavy atom. The van der Waals surface area contributed by atoms with E-state index in [1.54, 1.807) is 18.1 Å². The molecule has 0 atom stereocenters. The Bertz CT molecular complexity index is 304. The molecule has 1 aromatic heterocycles. The number of anilines is 1. The Balaban J connectivity index is 2.85. The highest BCUT2D eigenvalue weighted by Gasteiger charge is 2.17. The first-order valence-electron chi connectivity index (χ1n) is 4.29. The van der Waals surface area contributed by atoms with E-state index >= 15 is 0 Å². The fourth-order valence-corrected chi connectivity index (χ4v) is 1.17. The molecular formula is C9H15N3O. The third kappa shape index (κ3) is 1.88. The van der Waals surface area contributed by atoms with Crippen molar-refractivity contribution in [3.63, 3.8) is 0 Å². The van der Waals surface area contributed by atoms with E-state index in [4.69, 9.17) is 0 Å². The van der Waals surface area contributed by atoms with Gasteiger partial charge in [-0.25, -0.2) is 4.98 Å². The number of carbonyl (C=O) groups is 1. The maximum absolute atomic E-state index is 11.6. The molecule has 0 unspecified atom stereocenters. The Morgan fingerprint density at radius 1 is 1.62 bits per heavy atom. The average Bonchev–Trinajstić information content (AvgIpc) is 2.48. The van der Waals surface area contributed by atoms with Crippen molar-refractivity contribution in [3.8, 4) is 0 Å². The number of hydrogen-bond acceptors (Lipinski definition) is 2. The van der Waals surface area contributed by atoms with Gasteiger partial charge in [-0.1, -0.05) is 13.8 Å². The van der Waals surface area contributed by atoms with Crippen LogP contribution in [0.15, 0.2) is 12.4 Å². The molecule has 0 saturated heterocycles. The summed E-state index contributed by atoms with van der Waals surface area (Å²) >= 11 is 0. The summed E-state index contributed by atoms with van der Waals surface area (Å²) in [5.41, 5.74) is 0. The summed E-state index contributed by atoms with van der Waals surface area (Å²) in [6.45, 7) is 3.75. The van der Waals surface area contributed by atoms with Crippen molar-refractivity contribution in [3.05, 3.63) is 12.4 Å². The van der Waals surface area contributed by atoms with Gasteiger partial charge in [0.1, 0.15) is 0 Å². The van der Waals surface area contributed by atoms with Crippen LogP contribution in [0.5, 0.6) is 0 Å². The molecule has 1 aromatic rings. The molecule has 0 saturated carbocycles. The number of aryl methyl sites for hydroxylation is 1. The lowest BCUT2D eigenvalue weighted by molar-refractivity contribution is -0.121. The van der Waals surface area contributed by atoms with Crippen LogP contribution in [0.3, 0.4) is 0 Å². The van der Waals surface area contributed by atoms with E-state index in [1.165, 1.54) is 0 Å². The summed E-state index contributed by atoms with van der Waals surface area (Å²) in [4.78, 5) is 17.2. The van der Waals surface area contributed by atoms with Crippen LogP contribution < -0.4 is 4.90 Å². The van der Waals surface area contributed by atoms with Gasteiger partial charge in [0.25, 0.3) is 0 Å². The van der Waals surface area contributed by atoms with Crippen molar-refractivity contribution in [2.24, 2.45) is 13.0 Å². The fourth-order valence-electron chi connectivity index (χ4n) is 1.17.